The van der Waals surface area contributed by atoms with Crippen LogP contribution in [0.25, 0.3) is 22.3 Å². The van der Waals surface area contributed by atoms with Crippen molar-refractivity contribution in [1.82, 2.24) is 5.32 Å². The van der Waals surface area contributed by atoms with Crippen molar-refractivity contribution in [3.63, 3.8) is 0 Å². The van der Waals surface area contributed by atoms with Crippen LogP contribution in [0.3, 0.4) is 0 Å². The highest BCUT2D eigenvalue weighted by molar-refractivity contribution is 5.84. The number of carbonyl (C=O) groups is 2. The normalized spacial score (nSPS) is 15.6. The Morgan fingerprint density at radius 1 is 0.872 bits per heavy atom. The molecule has 0 aliphatic carbocycles. The summed E-state index contributed by atoms with van der Waals surface area (Å²) in [7, 11) is 1.19. The van der Waals surface area contributed by atoms with Gasteiger partial charge in [-0.25, -0.2) is 9.59 Å². The second-order valence-electron chi connectivity index (χ2n) is 10.1. The van der Waals surface area contributed by atoms with Crippen molar-refractivity contribution in [3.05, 3.63) is 92.8 Å². The van der Waals surface area contributed by atoms with Crippen molar-refractivity contribution >= 4 is 23.3 Å². The Bertz CT molecular complexity index is 1560. The molecular formula is C30H31NO8. The second kappa shape index (κ2) is 10.7. The number of para-hydroxylation sites is 1. The summed E-state index contributed by atoms with van der Waals surface area (Å²) in [6.45, 7) is 10.3. The third kappa shape index (κ3) is 5.67. The molecule has 2 aromatic carbocycles. The summed E-state index contributed by atoms with van der Waals surface area (Å²) < 4.78 is 27.9. The molecule has 0 amide bonds. The maximum Gasteiger partial charge on any atom is 0.514 e. The van der Waals surface area contributed by atoms with Gasteiger partial charge in [-0.15, -0.1) is 0 Å². The molecule has 3 aromatic rings. The van der Waals surface area contributed by atoms with E-state index in [1.54, 1.807) is 59.7 Å². The quantitative estimate of drug-likeness (QED) is 0.368. The molecule has 1 aliphatic heterocycles. The monoisotopic (exact) mass is 533 g/mol. The lowest BCUT2D eigenvalue weighted by atomic mass is 9.89. The molecule has 1 aliphatic rings. The molecule has 1 unspecified atom stereocenters. The fourth-order valence-electron chi connectivity index (χ4n) is 4.43. The number of allylic oxidation sites excluding steroid dienone is 2. The minimum Gasteiger partial charge on any atom is -0.455 e. The molecule has 1 aromatic heterocycles. The fraction of sp³-hybridized carbons (Fsp3) is 0.300. The Morgan fingerprint density at radius 3 is 2.08 bits per heavy atom. The second-order valence-corrected chi connectivity index (χ2v) is 10.1. The van der Waals surface area contributed by atoms with Crippen LogP contribution < -0.4 is 10.7 Å². The molecule has 0 bridgehead atoms. The van der Waals surface area contributed by atoms with Crippen LogP contribution in [0.2, 0.25) is 0 Å². The van der Waals surface area contributed by atoms with E-state index in [-0.39, 0.29) is 22.5 Å². The lowest BCUT2D eigenvalue weighted by molar-refractivity contribution is 0.00295. The van der Waals surface area contributed by atoms with Crippen LogP contribution in [-0.2, 0) is 18.9 Å². The van der Waals surface area contributed by atoms with E-state index >= 15 is 0 Å². The van der Waals surface area contributed by atoms with Crippen LogP contribution in [-0.4, -0.2) is 25.0 Å². The summed E-state index contributed by atoms with van der Waals surface area (Å²) in [5.74, 6) is -0.328. The summed E-state index contributed by atoms with van der Waals surface area (Å²) in [5.41, 5.74) is 1.82. The highest BCUT2D eigenvalue weighted by atomic mass is 16.7. The summed E-state index contributed by atoms with van der Waals surface area (Å²) in [5, 5.41) is 3.41. The molecule has 0 spiro atoms. The molecule has 0 radical (unpaired) electrons. The number of hydrogen-bond donors (Lipinski definition) is 1. The van der Waals surface area contributed by atoms with Gasteiger partial charge in [0.2, 0.25) is 0 Å². The van der Waals surface area contributed by atoms with Gasteiger partial charge in [0, 0.05) is 16.7 Å². The first-order chi connectivity index (χ1) is 18.4. The number of rotatable bonds is 4. The van der Waals surface area contributed by atoms with Gasteiger partial charge in [-0.2, -0.15) is 0 Å². The first-order valence-corrected chi connectivity index (χ1v) is 12.4. The van der Waals surface area contributed by atoms with Crippen LogP contribution >= 0.6 is 0 Å². The third-order valence-corrected chi connectivity index (χ3v) is 6.10. The first-order valence-electron chi connectivity index (χ1n) is 12.4. The number of ether oxygens (including phenoxy) is 4. The Labute approximate surface area is 226 Å². The zero-order valence-corrected chi connectivity index (χ0v) is 23.0. The zero-order valence-electron chi connectivity index (χ0n) is 23.0. The van der Waals surface area contributed by atoms with Crippen molar-refractivity contribution in [2.45, 2.75) is 53.1 Å². The van der Waals surface area contributed by atoms with E-state index in [1.807, 2.05) is 30.3 Å². The predicted molar refractivity (Wildman–Crippen MR) is 145 cm³/mol. The van der Waals surface area contributed by atoms with E-state index in [0.717, 1.165) is 5.56 Å². The molecule has 0 fully saturated rings. The van der Waals surface area contributed by atoms with Gasteiger partial charge in [0.05, 0.1) is 23.9 Å². The number of dihydropyridines is 1. The lowest BCUT2D eigenvalue weighted by Gasteiger charge is -2.31. The van der Waals surface area contributed by atoms with Crippen molar-refractivity contribution in [2.24, 2.45) is 0 Å². The number of carbonyl (C=O) groups excluding carboxylic acids is 2. The fourth-order valence-corrected chi connectivity index (χ4v) is 4.43. The summed E-state index contributed by atoms with van der Waals surface area (Å²) >= 11 is 0. The molecule has 39 heavy (non-hydrogen) atoms. The van der Waals surface area contributed by atoms with E-state index in [4.69, 9.17) is 23.4 Å². The summed E-state index contributed by atoms with van der Waals surface area (Å²) in [4.78, 5) is 38.6. The van der Waals surface area contributed by atoms with Crippen molar-refractivity contribution in [3.8, 4) is 11.3 Å². The smallest absolute Gasteiger partial charge is 0.455 e. The van der Waals surface area contributed by atoms with Gasteiger partial charge in [-0.3, -0.25) is 4.79 Å². The number of fused-ring (bicyclic) bond motifs is 1. The van der Waals surface area contributed by atoms with E-state index in [2.05, 4.69) is 5.32 Å². The molecule has 1 atom stereocenters. The van der Waals surface area contributed by atoms with Gasteiger partial charge >= 0.3 is 12.3 Å². The predicted octanol–water partition coefficient (Wildman–Crippen LogP) is 6.65. The van der Waals surface area contributed by atoms with Crippen molar-refractivity contribution < 1.29 is 33.0 Å². The summed E-state index contributed by atoms with van der Waals surface area (Å²) in [6.07, 6.45) is -1.90. The Morgan fingerprint density at radius 2 is 1.49 bits per heavy atom. The van der Waals surface area contributed by atoms with Gasteiger partial charge in [0.25, 0.3) is 0 Å². The van der Waals surface area contributed by atoms with E-state index < -0.39 is 23.8 Å². The van der Waals surface area contributed by atoms with Crippen molar-refractivity contribution in [1.29, 1.82) is 0 Å². The number of benzene rings is 2. The third-order valence-electron chi connectivity index (χ3n) is 6.10. The highest BCUT2D eigenvalue weighted by Crippen LogP contribution is 2.42. The topological polar surface area (TPSA) is 113 Å². The average Bonchev–Trinajstić information content (AvgIpc) is 2.88. The molecule has 0 saturated carbocycles. The lowest BCUT2D eigenvalue weighted by Crippen LogP contribution is -2.31. The van der Waals surface area contributed by atoms with E-state index in [1.165, 1.54) is 7.11 Å². The van der Waals surface area contributed by atoms with Crippen LogP contribution in [0, 0.1) is 6.92 Å². The minimum absolute atomic E-state index is 0.114. The number of nitrogens with one attached hydrogen (secondary N) is 1. The molecule has 9 heteroatoms. The zero-order chi connectivity index (χ0) is 28.5. The average molecular weight is 534 g/mol. The van der Waals surface area contributed by atoms with Gasteiger partial charge in [-0.05, 0) is 47.6 Å². The van der Waals surface area contributed by atoms with Crippen LogP contribution in [0.5, 0.6) is 0 Å². The largest absolute Gasteiger partial charge is 0.514 e. The Hall–Kier alpha value is -4.53. The Kier molecular flexibility index (Phi) is 7.53. The number of methoxy groups -OCH3 is 1. The minimum atomic E-state index is -0.963. The van der Waals surface area contributed by atoms with Crippen LogP contribution in [0.1, 0.15) is 51.7 Å². The van der Waals surface area contributed by atoms with Gasteiger partial charge < -0.3 is 28.7 Å². The Balaban J connectivity index is 1.98. The molecular weight excluding hydrogens is 502 g/mol. The number of hydrogen-bond acceptors (Lipinski definition) is 9. The van der Waals surface area contributed by atoms with Gasteiger partial charge in [0.15, 0.2) is 5.43 Å². The van der Waals surface area contributed by atoms with E-state index in [9.17, 15) is 14.4 Å². The van der Waals surface area contributed by atoms with Gasteiger partial charge in [-0.1, -0.05) is 42.5 Å². The molecule has 9 nitrogen and oxygen atoms in total. The molecule has 0 saturated heterocycles. The standard InChI is InChI=1S/C30H31NO8/c1-16-23(32)21-15-11-14-20(27(21)36-24(16)19-12-9-8-10-13-19)22-25(37-28(33)35-7)17(2)31-18(3)26(22)38-29(34)39-30(4,5)6/h8-15,22,31H,1-7H3. The molecule has 4 rings (SSSR count). The SMILES string of the molecule is COC(=O)OC1=C(C)NC(C)=C(OC(=O)OC(C)(C)C)C1c1cccc2c(=O)c(C)c(-c3ccccc3)oc12. The molecule has 204 valence electrons. The van der Waals surface area contributed by atoms with Gasteiger partial charge in [0.1, 0.15) is 34.4 Å². The van der Waals surface area contributed by atoms with Crippen LogP contribution in [0.4, 0.5) is 9.59 Å². The molecule has 2 heterocycles. The van der Waals surface area contributed by atoms with Crippen molar-refractivity contribution in [2.75, 3.05) is 7.11 Å². The molecule has 1 N–H and O–H groups in total. The summed E-state index contributed by atoms with van der Waals surface area (Å²) in [6, 6.07) is 14.4. The highest BCUT2D eigenvalue weighted by Gasteiger charge is 2.38. The maximum atomic E-state index is 13.5. The maximum absolute atomic E-state index is 13.5. The first kappa shape index (κ1) is 27.5. The van der Waals surface area contributed by atoms with Crippen LogP contribution in [0.15, 0.2) is 80.7 Å². The van der Waals surface area contributed by atoms with E-state index in [0.29, 0.717) is 33.7 Å².